The van der Waals surface area contributed by atoms with E-state index in [9.17, 15) is 172 Å². The van der Waals surface area contributed by atoms with Gasteiger partial charge in [-0.2, -0.15) is 0 Å². The highest BCUT2D eigenvalue weighted by molar-refractivity contribution is 5.75. The molecule has 61 heteroatoms. The lowest BCUT2D eigenvalue weighted by Crippen LogP contribution is -2.71. The van der Waals surface area contributed by atoms with Crippen molar-refractivity contribution in [1.82, 2.24) is 26.6 Å². The molecule has 11 heterocycles. The van der Waals surface area contributed by atoms with E-state index in [0.717, 1.165) is 34.6 Å². The zero-order valence-corrected chi connectivity index (χ0v) is 73.7. The van der Waals surface area contributed by atoms with Crippen LogP contribution in [0.25, 0.3) is 0 Å². The molecule has 0 saturated carbocycles. The van der Waals surface area contributed by atoms with Gasteiger partial charge in [-0.25, -0.2) is 0 Å². The van der Waals surface area contributed by atoms with Gasteiger partial charge in [-0.3, -0.25) is 24.0 Å². The van der Waals surface area contributed by atoms with E-state index < -0.39 is 440 Å². The molecule has 11 rings (SSSR count). The lowest BCUT2D eigenvalue weighted by molar-refractivity contribution is -0.406. The van der Waals surface area contributed by atoms with E-state index in [1.165, 1.54) is 0 Å². The highest BCUT2D eigenvalue weighted by Gasteiger charge is 2.63. The maximum absolute atomic E-state index is 13.4. The average Bonchev–Trinajstić information content (AvgIpc) is 0.762. The fourth-order valence-corrected chi connectivity index (χ4v) is 17.9. The van der Waals surface area contributed by atoms with Gasteiger partial charge in [0.1, 0.15) is 268 Å². The summed E-state index contributed by atoms with van der Waals surface area (Å²) >= 11 is 0. The first-order chi connectivity index (χ1) is 64.9. The van der Waals surface area contributed by atoms with Crippen LogP contribution in [0.3, 0.4) is 0 Å². The summed E-state index contributed by atoms with van der Waals surface area (Å²) in [5, 5.41) is 340. The van der Waals surface area contributed by atoms with Gasteiger partial charge in [-0.15, -0.1) is 0 Å². The maximum atomic E-state index is 13.4. The van der Waals surface area contributed by atoms with E-state index in [1.54, 1.807) is 0 Å². The summed E-state index contributed by atoms with van der Waals surface area (Å²) in [5.74, 6) is -4.87. The first-order valence-corrected chi connectivity index (χ1v) is 43.7. The van der Waals surface area contributed by atoms with Gasteiger partial charge in [0.2, 0.25) is 29.5 Å². The van der Waals surface area contributed by atoms with Crippen LogP contribution >= 0.6 is 0 Å². The molecule has 61 nitrogen and oxygen atoms in total. The average molecular weight is 2010 g/mol. The second kappa shape index (κ2) is 49.5. The van der Waals surface area contributed by atoms with E-state index >= 15 is 0 Å². The van der Waals surface area contributed by atoms with Crippen molar-refractivity contribution >= 4 is 29.5 Å². The number of aliphatic hydroxyl groups excluding tert-OH is 29. The Bertz CT molecular complexity index is 3780. The first-order valence-electron chi connectivity index (χ1n) is 43.7. The molecule has 0 spiro atoms. The monoisotopic (exact) mass is 2000 g/mol. The summed E-state index contributed by atoms with van der Waals surface area (Å²) in [4.78, 5) is 65.2. The lowest BCUT2D eigenvalue weighted by Gasteiger charge is -2.52. The molecule has 11 aliphatic heterocycles. The number of amides is 5. The van der Waals surface area contributed by atoms with E-state index in [2.05, 4.69) is 26.6 Å². The third-order valence-corrected chi connectivity index (χ3v) is 25.0. The highest BCUT2D eigenvalue weighted by Crippen LogP contribution is 2.42. The minimum Gasteiger partial charge on any atom is -0.394 e. The van der Waals surface area contributed by atoms with Crippen LogP contribution < -0.4 is 32.3 Å². The molecule has 11 saturated heterocycles. The molecule has 0 aromatic carbocycles. The van der Waals surface area contributed by atoms with Crippen molar-refractivity contribution in [2.24, 2.45) is 5.73 Å². The summed E-state index contributed by atoms with van der Waals surface area (Å²) in [6, 6.07) is -9.87. The van der Waals surface area contributed by atoms with Crippen molar-refractivity contribution in [2.45, 2.75) is 372 Å². The number of aliphatic hydroxyl groups is 29. The summed E-state index contributed by atoms with van der Waals surface area (Å²) in [6.07, 6.45) is -108. The smallest absolute Gasteiger partial charge is 0.217 e. The van der Waals surface area contributed by atoms with Gasteiger partial charge >= 0.3 is 0 Å². The number of ether oxygens (including phenoxy) is 21. The number of hydrogen-bond donors (Lipinski definition) is 35. The van der Waals surface area contributed by atoms with Gasteiger partial charge < -0.3 is 280 Å². The minimum atomic E-state index is -2.75. The summed E-state index contributed by atoms with van der Waals surface area (Å²) in [7, 11) is 0. The molecule has 36 N–H and O–H groups in total. The second-order valence-electron chi connectivity index (χ2n) is 34.6. The first kappa shape index (κ1) is 113. The lowest BCUT2D eigenvalue weighted by atomic mass is 9.93. The fraction of sp³-hybridized carbons (Fsp3) is 0.934. The summed E-state index contributed by atoms with van der Waals surface area (Å²) in [6.45, 7) is -7.79. The number of hydrogen-bond acceptors (Lipinski definition) is 56. The molecule has 0 aliphatic carbocycles. The van der Waals surface area contributed by atoms with Crippen molar-refractivity contribution in [3.63, 3.8) is 0 Å². The predicted octanol–water partition coefficient (Wildman–Crippen LogP) is -24.3. The van der Waals surface area contributed by atoms with E-state index in [0.29, 0.717) is 0 Å². The van der Waals surface area contributed by atoms with Gasteiger partial charge in [0, 0.05) is 41.2 Å². The molecule has 0 bridgehead atoms. The SMILES string of the molecule is CC(=O)N[C@@H]1[C@@H](O)[C@H](O[C@@H]2O[C@H](CO)[C@@H](O[C@@H]3O[C@H](CO[C@H]4O[C@H](CO)[C@@H](O)[C@H](O)[C@@H]4O[C@@H]4O[C@H](CO)[C@@H](O[C@@H]5O[C@H](CO)[C@H](O)[C@H](O)[C@H]5O)[C@H](O)[C@H]4NC(C)=O)[C@@H](O)[C@H](O[C@H]4O[C@H](CO)[C@@H](O[C@@H]5O[C@H](CO)[C@@H](O[C@@H]6O[C@H](CO)[C@H](O)[C@H](O)[C@H]6O)[C@H](O)[C@H]5NC(C)=O)[C@H](O)[C@@H]4O[C@@H]4O[C@H](CO)[C@@H](O[C@@H]5O[C@H](CN)[C@H](O)[C@H](O)[C@H]5O)[C@H](O)[C@H]4NC(C)=O)[C@@H]3O)[C@H](O)[C@H]2NC(C)=O)[C@@H](CO)O[C@H]1O. The van der Waals surface area contributed by atoms with Crippen LogP contribution in [0.2, 0.25) is 0 Å². The quantitative estimate of drug-likeness (QED) is 0.0277. The third-order valence-electron chi connectivity index (χ3n) is 25.0. The van der Waals surface area contributed by atoms with Gasteiger partial charge in [-0.1, -0.05) is 0 Å². The van der Waals surface area contributed by atoms with Crippen LogP contribution in [-0.4, -0.2) is 588 Å². The molecule has 792 valence electrons. The normalized spacial score (nSPS) is 48.9. The highest BCUT2D eigenvalue weighted by atomic mass is 16.8. The van der Waals surface area contributed by atoms with Crippen LogP contribution in [0.5, 0.6) is 0 Å². The standard InChI is InChI=1S/C76H128N6O55/c1-17(92)78-33-43(102)57(26(10-86)118-66(33)116)129-67-34(79-18(2)93)45(104)61(30(14-90)123-67)134-74-56(115)63(42(101)32(128-74)16-117-75-64(51(110)41(100)25(9-85)122-75)136-69-36(81-20(4)95)46(105)60(29(13-89)125-69)133-73-54(113)50(109)40(99)24(8-84)121-73)135-76-65(137-70-37(82-21(5)96)47(106)58(28(12-88)126-70)131-71-52(111)48(107)38(97)22(6-77)119-71)55(114)62(31(15-91)127-76)130-68-35(80-19(3)94)44(103)59(27(11-87)124-68)132-72-53(112)49(108)39(98)23(7-83)120-72/h22-76,83-91,97-116H,6-16,77H2,1-5H3,(H,78,92)(H,79,93)(H,80,94)(H,81,95)(H,82,96)/t22-,23-,24-,25-,26-,27-,28-,29-,30-,31-,32-,33-,34-,35-,36-,37-,38+,39+,40+,41-,42-,43-,44-,45-,46-,47-,48+,49+,50+,51+,52-,53-,54-,55+,56+,57-,58-,59-,60-,61-,62-,63+,64+,65+,66-,67+,68+,69+,70+,71+,72+,73+,74+,75+,76-/m1/s1. The Morgan fingerprint density at radius 1 is 0.212 bits per heavy atom. The summed E-state index contributed by atoms with van der Waals surface area (Å²) < 4.78 is 127. The largest absolute Gasteiger partial charge is 0.394 e. The molecule has 0 aromatic heterocycles. The van der Waals surface area contributed by atoms with Crippen molar-refractivity contribution in [1.29, 1.82) is 0 Å². The molecular formula is C76H128N6O55. The molecule has 55 atom stereocenters. The molecule has 11 aliphatic rings. The maximum Gasteiger partial charge on any atom is 0.217 e. The van der Waals surface area contributed by atoms with Crippen molar-refractivity contribution in [2.75, 3.05) is 72.6 Å². The van der Waals surface area contributed by atoms with E-state index in [1.807, 2.05) is 0 Å². The second-order valence-corrected chi connectivity index (χ2v) is 34.6. The van der Waals surface area contributed by atoms with Crippen LogP contribution in [0.4, 0.5) is 0 Å². The topological polar surface area (TPSA) is 952 Å². The Labute approximate surface area is 775 Å². The van der Waals surface area contributed by atoms with Gasteiger partial charge in [-0.05, 0) is 0 Å². The zero-order chi connectivity index (χ0) is 101. The number of rotatable bonds is 36. The molecule has 5 amide bonds. The molecule has 0 radical (unpaired) electrons. The minimum absolute atomic E-state index is 0.526. The molecule has 0 aromatic rings. The fourth-order valence-electron chi connectivity index (χ4n) is 17.9. The van der Waals surface area contributed by atoms with Crippen LogP contribution in [0.1, 0.15) is 34.6 Å². The number of nitrogens with two attached hydrogens (primary N) is 1. The van der Waals surface area contributed by atoms with Crippen molar-refractivity contribution in [3.8, 4) is 0 Å². The Morgan fingerprint density at radius 2 is 0.438 bits per heavy atom. The van der Waals surface area contributed by atoms with Crippen molar-refractivity contribution < 1.29 is 272 Å². The van der Waals surface area contributed by atoms with Crippen LogP contribution in [0.15, 0.2) is 0 Å². The van der Waals surface area contributed by atoms with Crippen molar-refractivity contribution in [3.05, 3.63) is 0 Å². The van der Waals surface area contributed by atoms with Gasteiger partial charge in [0.05, 0.1) is 66.1 Å². The summed E-state index contributed by atoms with van der Waals surface area (Å²) in [5.41, 5.74) is 5.78. The Morgan fingerprint density at radius 3 is 0.759 bits per heavy atom. The van der Waals surface area contributed by atoms with Gasteiger partial charge in [0.25, 0.3) is 0 Å². The number of carbonyl (C=O) groups excluding carboxylic acids is 5. The van der Waals surface area contributed by atoms with Crippen LogP contribution in [-0.2, 0) is 123 Å². The third kappa shape index (κ3) is 25.0. The number of carbonyl (C=O) groups is 5. The number of nitrogens with one attached hydrogen (secondary N) is 5. The van der Waals surface area contributed by atoms with E-state index in [4.69, 9.17) is 105 Å². The Balaban J connectivity index is 0.983. The Kier molecular flexibility index (Phi) is 40.7. The molecule has 11 fully saturated rings. The molecule has 137 heavy (non-hydrogen) atoms. The Hall–Kier alpha value is -4.69. The van der Waals surface area contributed by atoms with Gasteiger partial charge in [0.15, 0.2) is 69.2 Å². The zero-order valence-electron chi connectivity index (χ0n) is 73.7. The molecule has 0 unspecified atom stereocenters. The predicted molar refractivity (Wildman–Crippen MR) is 422 cm³/mol. The van der Waals surface area contributed by atoms with Crippen LogP contribution in [0, 0.1) is 0 Å². The molecular weight excluding hydrogens is 1880 g/mol. The van der Waals surface area contributed by atoms with E-state index in [-0.39, 0.29) is 0 Å².